The lowest BCUT2D eigenvalue weighted by atomic mass is 9.91. The highest BCUT2D eigenvalue weighted by Gasteiger charge is 2.29. The Kier molecular flexibility index (Phi) is 3.88. The number of likely N-dealkylation sites (tertiary alicyclic amines) is 1. The maximum atomic E-state index is 11.8. The molecule has 2 unspecified atom stereocenters. The van der Waals surface area contributed by atoms with Gasteiger partial charge >= 0.3 is 0 Å². The average Bonchev–Trinajstić information content (AvgIpc) is 2.54. The first-order chi connectivity index (χ1) is 6.19. The SMILES string of the molecule is CCC(CO)C(=O)C1CCN(C)C1. The lowest BCUT2D eigenvalue weighted by molar-refractivity contribution is -0.127. The van der Waals surface area contributed by atoms with Gasteiger partial charge in [0, 0.05) is 18.4 Å². The van der Waals surface area contributed by atoms with Crippen molar-refractivity contribution < 1.29 is 9.90 Å². The molecule has 1 N–H and O–H groups in total. The van der Waals surface area contributed by atoms with E-state index in [1.54, 1.807) is 0 Å². The fourth-order valence-corrected chi connectivity index (χ4v) is 1.92. The van der Waals surface area contributed by atoms with Crippen LogP contribution in [0.2, 0.25) is 0 Å². The van der Waals surface area contributed by atoms with Crippen LogP contribution in [0.1, 0.15) is 19.8 Å². The Bertz CT molecular complexity index is 178. The van der Waals surface area contributed by atoms with E-state index in [0.717, 1.165) is 25.9 Å². The highest BCUT2D eigenvalue weighted by Crippen LogP contribution is 2.20. The molecular weight excluding hydrogens is 166 g/mol. The van der Waals surface area contributed by atoms with Gasteiger partial charge in [0.05, 0.1) is 6.61 Å². The summed E-state index contributed by atoms with van der Waals surface area (Å²) in [6.45, 7) is 3.85. The third-order valence-electron chi connectivity index (χ3n) is 2.91. The lowest BCUT2D eigenvalue weighted by Gasteiger charge is -2.15. The van der Waals surface area contributed by atoms with Crippen molar-refractivity contribution in [1.82, 2.24) is 4.90 Å². The second-order valence-electron chi connectivity index (χ2n) is 3.94. The number of carbonyl (C=O) groups is 1. The van der Waals surface area contributed by atoms with Crippen LogP contribution in [0.25, 0.3) is 0 Å². The van der Waals surface area contributed by atoms with Gasteiger partial charge in [-0.1, -0.05) is 6.92 Å². The molecule has 1 rings (SSSR count). The van der Waals surface area contributed by atoms with Gasteiger partial charge in [0.15, 0.2) is 0 Å². The molecule has 3 nitrogen and oxygen atoms in total. The molecule has 0 aliphatic carbocycles. The molecule has 76 valence electrons. The smallest absolute Gasteiger partial charge is 0.142 e. The van der Waals surface area contributed by atoms with Crippen LogP contribution in [0, 0.1) is 11.8 Å². The monoisotopic (exact) mass is 185 g/mol. The number of rotatable bonds is 4. The molecule has 0 aromatic carbocycles. The Morgan fingerprint density at radius 3 is 2.77 bits per heavy atom. The molecule has 1 aliphatic rings. The molecule has 13 heavy (non-hydrogen) atoms. The number of ketones is 1. The second-order valence-corrected chi connectivity index (χ2v) is 3.94. The zero-order valence-electron chi connectivity index (χ0n) is 8.49. The van der Waals surface area contributed by atoms with Crippen molar-refractivity contribution in [2.45, 2.75) is 19.8 Å². The van der Waals surface area contributed by atoms with Crippen molar-refractivity contribution >= 4 is 5.78 Å². The number of carbonyl (C=O) groups excluding carboxylic acids is 1. The maximum absolute atomic E-state index is 11.8. The second kappa shape index (κ2) is 4.72. The quantitative estimate of drug-likeness (QED) is 0.694. The van der Waals surface area contributed by atoms with Gasteiger partial charge in [-0.2, -0.15) is 0 Å². The summed E-state index contributed by atoms with van der Waals surface area (Å²) in [5, 5.41) is 8.99. The molecule has 0 aromatic heterocycles. The van der Waals surface area contributed by atoms with E-state index in [2.05, 4.69) is 4.90 Å². The van der Waals surface area contributed by atoms with E-state index in [0.29, 0.717) is 0 Å². The lowest BCUT2D eigenvalue weighted by Crippen LogP contribution is -2.27. The highest BCUT2D eigenvalue weighted by molar-refractivity contribution is 5.84. The van der Waals surface area contributed by atoms with Gasteiger partial charge in [0.1, 0.15) is 5.78 Å². The Labute approximate surface area is 79.7 Å². The summed E-state index contributed by atoms with van der Waals surface area (Å²) in [6.07, 6.45) is 1.72. The first-order valence-electron chi connectivity index (χ1n) is 5.02. The number of aliphatic hydroxyl groups excluding tert-OH is 1. The van der Waals surface area contributed by atoms with Crippen molar-refractivity contribution in [3.63, 3.8) is 0 Å². The predicted octanol–water partition coefficient (Wildman–Crippen LogP) is 0.526. The zero-order valence-corrected chi connectivity index (χ0v) is 8.49. The van der Waals surface area contributed by atoms with Crippen molar-refractivity contribution in [1.29, 1.82) is 0 Å². The summed E-state index contributed by atoms with van der Waals surface area (Å²) in [5.74, 6) is 0.299. The molecule has 0 saturated carbocycles. The summed E-state index contributed by atoms with van der Waals surface area (Å²) >= 11 is 0. The van der Waals surface area contributed by atoms with Crippen LogP contribution in [0.4, 0.5) is 0 Å². The average molecular weight is 185 g/mol. The summed E-state index contributed by atoms with van der Waals surface area (Å²) in [5.41, 5.74) is 0. The fraction of sp³-hybridized carbons (Fsp3) is 0.900. The number of aliphatic hydroxyl groups is 1. The minimum Gasteiger partial charge on any atom is -0.396 e. The van der Waals surface area contributed by atoms with Crippen LogP contribution in [-0.4, -0.2) is 42.5 Å². The van der Waals surface area contributed by atoms with E-state index in [-0.39, 0.29) is 24.2 Å². The maximum Gasteiger partial charge on any atom is 0.142 e. The Hall–Kier alpha value is -0.410. The Balaban J connectivity index is 2.47. The molecule has 0 spiro atoms. The molecule has 2 atom stereocenters. The Morgan fingerprint density at radius 1 is 1.69 bits per heavy atom. The minimum absolute atomic E-state index is 0.00947. The number of hydrogen-bond acceptors (Lipinski definition) is 3. The van der Waals surface area contributed by atoms with E-state index < -0.39 is 0 Å². The summed E-state index contributed by atoms with van der Waals surface area (Å²) in [6, 6.07) is 0. The number of Topliss-reactive ketones (excluding diaryl/α,β-unsaturated/α-hetero) is 1. The van der Waals surface area contributed by atoms with Gasteiger partial charge in [0.25, 0.3) is 0 Å². The third-order valence-corrected chi connectivity index (χ3v) is 2.91. The van der Waals surface area contributed by atoms with Crippen LogP contribution in [-0.2, 0) is 4.79 Å². The molecule has 0 bridgehead atoms. The molecular formula is C10H19NO2. The van der Waals surface area contributed by atoms with Crippen LogP contribution >= 0.6 is 0 Å². The van der Waals surface area contributed by atoms with Gasteiger partial charge in [-0.3, -0.25) is 4.79 Å². The molecule has 0 aromatic rings. The van der Waals surface area contributed by atoms with Crippen molar-refractivity contribution in [3.05, 3.63) is 0 Å². The molecule has 3 heteroatoms. The zero-order chi connectivity index (χ0) is 9.84. The fourth-order valence-electron chi connectivity index (χ4n) is 1.92. The number of hydrogen-bond donors (Lipinski definition) is 1. The summed E-state index contributed by atoms with van der Waals surface area (Å²) in [4.78, 5) is 13.9. The van der Waals surface area contributed by atoms with E-state index in [4.69, 9.17) is 5.11 Å². The first kappa shape index (κ1) is 10.7. The van der Waals surface area contributed by atoms with Crippen LogP contribution in [0.5, 0.6) is 0 Å². The molecule has 0 amide bonds. The van der Waals surface area contributed by atoms with Crippen molar-refractivity contribution in [2.75, 3.05) is 26.7 Å². The van der Waals surface area contributed by atoms with Gasteiger partial charge in [-0.05, 0) is 26.4 Å². The van der Waals surface area contributed by atoms with E-state index in [1.165, 1.54) is 0 Å². The van der Waals surface area contributed by atoms with Gasteiger partial charge in [-0.15, -0.1) is 0 Å². The summed E-state index contributed by atoms with van der Waals surface area (Å²) in [7, 11) is 2.03. The standard InChI is InChI=1S/C10H19NO2/c1-3-8(7-12)10(13)9-4-5-11(2)6-9/h8-9,12H,3-7H2,1-2H3. The molecule has 1 heterocycles. The number of nitrogens with zero attached hydrogens (tertiary/aromatic N) is 1. The van der Waals surface area contributed by atoms with Crippen LogP contribution in [0.3, 0.4) is 0 Å². The van der Waals surface area contributed by atoms with Crippen molar-refractivity contribution in [2.24, 2.45) is 11.8 Å². The van der Waals surface area contributed by atoms with Gasteiger partial charge in [0.2, 0.25) is 0 Å². The minimum atomic E-state index is -0.128. The third kappa shape index (κ3) is 2.51. The van der Waals surface area contributed by atoms with Gasteiger partial charge < -0.3 is 10.0 Å². The first-order valence-corrected chi connectivity index (χ1v) is 5.02. The molecule has 1 aliphatic heterocycles. The van der Waals surface area contributed by atoms with E-state index in [1.807, 2.05) is 14.0 Å². The molecule has 1 saturated heterocycles. The molecule has 1 fully saturated rings. The van der Waals surface area contributed by atoms with Crippen molar-refractivity contribution in [3.8, 4) is 0 Å². The normalized spacial score (nSPS) is 26.2. The predicted molar refractivity (Wildman–Crippen MR) is 51.5 cm³/mol. The van der Waals surface area contributed by atoms with E-state index in [9.17, 15) is 4.79 Å². The van der Waals surface area contributed by atoms with Gasteiger partial charge in [-0.25, -0.2) is 0 Å². The van der Waals surface area contributed by atoms with Crippen LogP contribution in [0.15, 0.2) is 0 Å². The Morgan fingerprint density at radius 2 is 2.38 bits per heavy atom. The largest absolute Gasteiger partial charge is 0.396 e. The molecule has 0 radical (unpaired) electrons. The highest BCUT2D eigenvalue weighted by atomic mass is 16.3. The summed E-state index contributed by atoms with van der Waals surface area (Å²) < 4.78 is 0. The van der Waals surface area contributed by atoms with E-state index >= 15 is 0 Å². The topological polar surface area (TPSA) is 40.5 Å². The van der Waals surface area contributed by atoms with Crippen LogP contribution < -0.4 is 0 Å².